The molecular formula is C23H30N4O5S. The molecule has 1 unspecified atom stereocenters. The summed E-state index contributed by atoms with van der Waals surface area (Å²) in [4.78, 5) is 31.0. The number of nitrogens with zero attached hydrogens (tertiary/aromatic N) is 3. The van der Waals surface area contributed by atoms with E-state index in [2.05, 4.69) is 10.3 Å². The molecule has 3 rings (SSSR count). The van der Waals surface area contributed by atoms with E-state index in [1.807, 2.05) is 6.92 Å². The fraction of sp³-hybridized carbons (Fsp3) is 0.435. The number of hydrogen-bond donors (Lipinski definition) is 1. The monoisotopic (exact) mass is 474 g/mol. The van der Waals surface area contributed by atoms with Gasteiger partial charge in [0.1, 0.15) is 0 Å². The second-order valence-electron chi connectivity index (χ2n) is 7.64. The summed E-state index contributed by atoms with van der Waals surface area (Å²) in [6.07, 6.45) is 1.73. The van der Waals surface area contributed by atoms with E-state index < -0.39 is 15.9 Å². The van der Waals surface area contributed by atoms with E-state index in [1.165, 1.54) is 21.3 Å². The van der Waals surface area contributed by atoms with Crippen LogP contribution in [0.5, 0.6) is 5.88 Å². The molecule has 1 aromatic heterocycles. The van der Waals surface area contributed by atoms with Gasteiger partial charge in [-0.2, -0.15) is 4.31 Å². The Morgan fingerprint density at radius 2 is 1.88 bits per heavy atom. The minimum atomic E-state index is -3.57. The molecule has 1 saturated heterocycles. The van der Waals surface area contributed by atoms with Crippen molar-refractivity contribution in [3.8, 4) is 5.88 Å². The standard InChI is InChI=1S/C23H30N4O5S/c1-4-26(5-2)33(30,31)20-9-7-19(8-10-20)27-16-18(14-22(27)28)23(29)25-15-17-11-12-24-21(13-17)32-6-3/h7-13,18H,4-6,14-16H2,1-3H3,(H,25,29). The quantitative estimate of drug-likeness (QED) is 0.565. The van der Waals surface area contributed by atoms with Gasteiger partial charge in [0.2, 0.25) is 27.7 Å². The van der Waals surface area contributed by atoms with Gasteiger partial charge < -0.3 is 15.0 Å². The van der Waals surface area contributed by atoms with Gasteiger partial charge in [-0.05, 0) is 42.8 Å². The number of anilines is 1. The number of hydrogen-bond acceptors (Lipinski definition) is 6. The van der Waals surface area contributed by atoms with Crippen molar-refractivity contribution in [2.75, 3.05) is 31.1 Å². The SMILES string of the molecule is CCOc1cc(CNC(=O)C2CC(=O)N(c3ccc(S(=O)(=O)N(CC)CC)cc3)C2)ccn1. The summed E-state index contributed by atoms with van der Waals surface area (Å²) in [7, 11) is -3.57. The van der Waals surface area contributed by atoms with E-state index in [0.29, 0.717) is 37.8 Å². The van der Waals surface area contributed by atoms with Crippen LogP contribution in [0, 0.1) is 5.92 Å². The van der Waals surface area contributed by atoms with Crippen LogP contribution in [0.4, 0.5) is 5.69 Å². The minimum absolute atomic E-state index is 0.103. The highest BCUT2D eigenvalue weighted by atomic mass is 32.2. The topological polar surface area (TPSA) is 109 Å². The number of nitrogens with one attached hydrogen (secondary N) is 1. The van der Waals surface area contributed by atoms with Crippen molar-refractivity contribution in [1.29, 1.82) is 0 Å². The Bertz CT molecular complexity index is 1080. The zero-order valence-electron chi connectivity index (χ0n) is 19.2. The highest BCUT2D eigenvalue weighted by molar-refractivity contribution is 7.89. The molecule has 0 bridgehead atoms. The van der Waals surface area contributed by atoms with Gasteiger partial charge in [0.25, 0.3) is 0 Å². The molecule has 1 aromatic carbocycles. The Labute approximate surface area is 194 Å². The average Bonchev–Trinajstić information content (AvgIpc) is 3.20. The predicted molar refractivity (Wildman–Crippen MR) is 124 cm³/mol. The lowest BCUT2D eigenvalue weighted by molar-refractivity contribution is -0.126. The van der Waals surface area contributed by atoms with Crippen LogP contribution in [-0.2, 0) is 26.2 Å². The lowest BCUT2D eigenvalue weighted by Gasteiger charge is -2.20. The van der Waals surface area contributed by atoms with Crippen LogP contribution in [0.3, 0.4) is 0 Å². The number of benzene rings is 1. The van der Waals surface area contributed by atoms with Crippen LogP contribution in [0.25, 0.3) is 0 Å². The minimum Gasteiger partial charge on any atom is -0.478 e. The summed E-state index contributed by atoms with van der Waals surface area (Å²) in [5.41, 5.74) is 1.43. The van der Waals surface area contributed by atoms with Crippen molar-refractivity contribution in [3.63, 3.8) is 0 Å². The maximum absolute atomic E-state index is 12.7. The first-order valence-corrected chi connectivity index (χ1v) is 12.5. The first-order valence-electron chi connectivity index (χ1n) is 11.1. The Kier molecular flexibility index (Phi) is 8.04. The molecule has 178 valence electrons. The Morgan fingerprint density at radius 1 is 1.18 bits per heavy atom. The van der Waals surface area contributed by atoms with Gasteiger partial charge in [0, 0.05) is 50.6 Å². The van der Waals surface area contributed by atoms with Crippen molar-refractivity contribution in [3.05, 3.63) is 48.2 Å². The lowest BCUT2D eigenvalue weighted by atomic mass is 10.1. The van der Waals surface area contributed by atoms with Crippen LogP contribution in [-0.4, -0.2) is 55.8 Å². The Balaban J connectivity index is 1.63. The number of carbonyl (C=O) groups excluding carboxylic acids is 2. The third-order valence-corrected chi connectivity index (χ3v) is 7.61. The molecule has 2 amide bonds. The summed E-state index contributed by atoms with van der Waals surface area (Å²) in [5, 5.41) is 2.87. The zero-order valence-corrected chi connectivity index (χ0v) is 20.0. The van der Waals surface area contributed by atoms with Gasteiger partial charge in [-0.25, -0.2) is 13.4 Å². The van der Waals surface area contributed by atoms with Crippen LogP contribution in [0.2, 0.25) is 0 Å². The summed E-state index contributed by atoms with van der Waals surface area (Å²) in [6.45, 7) is 7.27. The molecule has 10 heteroatoms. The normalized spacial score (nSPS) is 16.3. The van der Waals surface area contributed by atoms with E-state index in [9.17, 15) is 18.0 Å². The average molecular weight is 475 g/mol. The van der Waals surface area contributed by atoms with Gasteiger partial charge >= 0.3 is 0 Å². The lowest BCUT2D eigenvalue weighted by Crippen LogP contribution is -2.32. The molecule has 1 fully saturated rings. The summed E-state index contributed by atoms with van der Waals surface area (Å²) >= 11 is 0. The van der Waals surface area contributed by atoms with Gasteiger partial charge in [-0.1, -0.05) is 13.8 Å². The highest BCUT2D eigenvalue weighted by Gasteiger charge is 2.35. The van der Waals surface area contributed by atoms with Crippen molar-refractivity contribution >= 4 is 27.5 Å². The van der Waals surface area contributed by atoms with Crippen molar-refractivity contribution in [1.82, 2.24) is 14.6 Å². The molecule has 0 radical (unpaired) electrons. The molecule has 1 aliphatic rings. The molecule has 0 spiro atoms. The smallest absolute Gasteiger partial charge is 0.243 e. The molecule has 2 aromatic rings. The van der Waals surface area contributed by atoms with Crippen LogP contribution in [0.15, 0.2) is 47.5 Å². The van der Waals surface area contributed by atoms with Crippen molar-refractivity contribution in [2.24, 2.45) is 5.92 Å². The number of rotatable bonds is 10. The largest absolute Gasteiger partial charge is 0.478 e. The van der Waals surface area contributed by atoms with Gasteiger partial charge in [-0.15, -0.1) is 0 Å². The number of amides is 2. The van der Waals surface area contributed by atoms with E-state index in [1.54, 1.807) is 44.3 Å². The third kappa shape index (κ3) is 5.69. The number of aromatic nitrogens is 1. The second kappa shape index (κ2) is 10.8. The molecule has 33 heavy (non-hydrogen) atoms. The van der Waals surface area contributed by atoms with E-state index in [4.69, 9.17) is 4.74 Å². The fourth-order valence-electron chi connectivity index (χ4n) is 3.76. The number of pyridine rings is 1. The molecule has 0 saturated carbocycles. The van der Waals surface area contributed by atoms with Gasteiger partial charge in [-0.3, -0.25) is 9.59 Å². The third-order valence-electron chi connectivity index (χ3n) is 5.55. The molecule has 1 aliphatic heterocycles. The van der Waals surface area contributed by atoms with E-state index in [-0.39, 0.29) is 29.7 Å². The van der Waals surface area contributed by atoms with Crippen LogP contribution < -0.4 is 15.0 Å². The van der Waals surface area contributed by atoms with E-state index >= 15 is 0 Å². The highest BCUT2D eigenvalue weighted by Crippen LogP contribution is 2.27. The van der Waals surface area contributed by atoms with Crippen LogP contribution >= 0.6 is 0 Å². The summed E-state index contributed by atoms with van der Waals surface area (Å²) in [6, 6.07) is 9.79. The predicted octanol–water partition coefficient (Wildman–Crippen LogP) is 2.18. The van der Waals surface area contributed by atoms with Crippen molar-refractivity contribution < 1.29 is 22.7 Å². The maximum Gasteiger partial charge on any atom is 0.243 e. The molecule has 1 atom stereocenters. The van der Waals surface area contributed by atoms with Gasteiger partial charge in [0.05, 0.1) is 17.4 Å². The molecule has 2 heterocycles. The molecule has 9 nitrogen and oxygen atoms in total. The zero-order chi connectivity index (χ0) is 24.0. The first-order chi connectivity index (χ1) is 15.8. The first kappa shape index (κ1) is 24.7. The molecular weight excluding hydrogens is 444 g/mol. The van der Waals surface area contributed by atoms with E-state index in [0.717, 1.165) is 5.56 Å². The Morgan fingerprint density at radius 3 is 2.52 bits per heavy atom. The number of ether oxygens (including phenoxy) is 1. The second-order valence-corrected chi connectivity index (χ2v) is 9.58. The number of sulfonamides is 1. The summed E-state index contributed by atoms with van der Waals surface area (Å²) in [5.74, 6) is -0.360. The van der Waals surface area contributed by atoms with Crippen LogP contribution in [0.1, 0.15) is 32.8 Å². The molecule has 1 N–H and O–H groups in total. The number of carbonyl (C=O) groups is 2. The maximum atomic E-state index is 12.7. The summed E-state index contributed by atoms with van der Waals surface area (Å²) < 4.78 is 32.1. The van der Waals surface area contributed by atoms with Gasteiger partial charge in [0.15, 0.2) is 0 Å². The van der Waals surface area contributed by atoms with Crippen molar-refractivity contribution in [2.45, 2.75) is 38.6 Å². The fourth-order valence-corrected chi connectivity index (χ4v) is 5.22. The Hall–Kier alpha value is -2.98. The molecule has 0 aliphatic carbocycles.